The molecule has 0 saturated heterocycles. The van der Waals surface area contributed by atoms with Gasteiger partial charge >= 0.3 is 0 Å². The number of oxime groups is 1. The topological polar surface area (TPSA) is 87.7 Å². The molecule has 1 aliphatic carbocycles. The Morgan fingerprint density at radius 1 is 1.32 bits per heavy atom. The van der Waals surface area contributed by atoms with E-state index in [1.807, 2.05) is 6.26 Å². The third kappa shape index (κ3) is 4.93. The summed E-state index contributed by atoms with van der Waals surface area (Å²) < 4.78 is 0. The number of hydrogen-bond donors (Lipinski definition) is 3. The van der Waals surface area contributed by atoms with Gasteiger partial charge in [0, 0.05) is 12.2 Å². The smallest absolute Gasteiger partial charge is 0.221 e. The van der Waals surface area contributed by atoms with E-state index in [9.17, 15) is 4.79 Å². The first-order chi connectivity index (χ1) is 9.14. The summed E-state index contributed by atoms with van der Waals surface area (Å²) in [4.78, 5) is 12.0. The predicted octanol–water partition coefficient (Wildman–Crippen LogP) is 2.09. The van der Waals surface area contributed by atoms with E-state index >= 15 is 0 Å². The highest BCUT2D eigenvalue weighted by atomic mass is 32.2. The van der Waals surface area contributed by atoms with Gasteiger partial charge in [0.05, 0.1) is 0 Å². The minimum atomic E-state index is -0.648. The molecule has 110 valence electrons. The molecule has 4 N–H and O–H groups in total. The van der Waals surface area contributed by atoms with E-state index in [0.717, 1.165) is 44.3 Å². The van der Waals surface area contributed by atoms with Gasteiger partial charge < -0.3 is 16.3 Å². The fourth-order valence-corrected chi connectivity index (χ4v) is 2.96. The van der Waals surface area contributed by atoms with Crippen molar-refractivity contribution in [2.45, 2.75) is 56.9 Å². The molecule has 1 fully saturated rings. The highest BCUT2D eigenvalue weighted by molar-refractivity contribution is 7.98. The van der Waals surface area contributed by atoms with Crippen molar-refractivity contribution < 1.29 is 10.0 Å². The zero-order valence-corrected chi connectivity index (χ0v) is 12.5. The van der Waals surface area contributed by atoms with Crippen LogP contribution in [0.4, 0.5) is 0 Å². The van der Waals surface area contributed by atoms with Crippen LogP contribution in [-0.2, 0) is 4.79 Å². The van der Waals surface area contributed by atoms with Crippen LogP contribution in [0.5, 0.6) is 0 Å². The first kappa shape index (κ1) is 16.1. The maximum Gasteiger partial charge on any atom is 0.221 e. The first-order valence-electron chi connectivity index (χ1n) is 6.92. The van der Waals surface area contributed by atoms with Crippen LogP contribution in [0.25, 0.3) is 0 Å². The second-order valence-corrected chi connectivity index (χ2v) is 6.11. The molecular formula is C13H25N3O2S. The van der Waals surface area contributed by atoms with E-state index in [4.69, 9.17) is 10.9 Å². The van der Waals surface area contributed by atoms with Crippen molar-refractivity contribution in [1.29, 1.82) is 0 Å². The summed E-state index contributed by atoms with van der Waals surface area (Å²) in [5, 5.41) is 15.2. The standard InChI is InChI=1S/C13H25N3O2S/c1-19-10-7-11(17)15-13(12(14)16-18)8-5-3-2-4-6-9-13/h18H,2-10H2,1H3,(H2,14,16)(H,15,17). The maximum absolute atomic E-state index is 12.0. The molecular weight excluding hydrogens is 262 g/mol. The van der Waals surface area contributed by atoms with Gasteiger partial charge in [-0.25, -0.2) is 0 Å². The lowest BCUT2D eigenvalue weighted by Crippen LogP contribution is -2.57. The van der Waals surface area contributed by atoms with Crippen LogP contribution >= 0.6 is 11.8 Å². The van der Waals surface area contributed by atoms with Crippen LogP contribution in [0.15, 0.2) is 5.16 Å². The molecule has 0 spiro atoms. The summed E-state index contributed by atoms with van der Waals surface area (Å²) in [5.74, 6) is 0.923. The summed E-state index contributed by atoms with van der Waals surface area (Å²) in [7, 11) is 0. The second-order valence-electron chi connectivity index (χ2n) is 5.13. The van der Waals surface area contributed by atoms with Crippen LogP contribution in [0.2, 0.25) is 0 Å². The lowest BCUT2D eigenvalue weighted by molar-refractivity contribution is -0.122. The number of nitrogens with two attached hydrogens (primary N) is 1. The number of rotatable bonds is 5. The largest absolute Gasteiger partial charge is 0.409 e. The number of amidine groups is 1. The lowest BCUT2D eigenvalue weighted by Gasteiger charge is -2.35. The van der Waals surface area contributed by atoms with Crippen molar-refractivity contribution >= 4 is 23.5 Å². The molecule has 0 aliphatic heterocycles. The molecule has 5 nitrogen and oxygen atoms in total. The van der Waals surface area contributed by atoms with Gasteiger partial charge in [-0.05, 0) is 19.1 Å². The van der Waals surface area contributed by atoms with Gasteiger partial charge in [0.15, 0.2) is 5.84 Å². The fourth-order valence-electron chi connectivity index (χ4n) is 2.57. The van der Waals surface area contributed by atoms with Gasteiger partial charge in [0.25, 0.3) is 0 Å². The van der Waals surface area contributed by atoms with E-state index in [0.29, 0.717) is 6.42 Å². The number of thioether (sulfide) groups is 1. The molecule has 0 heterocycles. The first-order valence-corrected chi connectivity index (χ1v) is 8.32. The Morgan fingerprint density at radius 3 is 2.42 bits per heavy atom. The van der Waals surface area contributed by atoms with Crippen LogP contribution < -0.4 is 11.1 Å². The van der Waals surface area contributed by atoms with Gasteiger partial charge in [-0.1, -0.05) is 37.3 Å². The third-order valence-corrected chi connectivity index (χ3v) is 4.33. The summed E-state index contributed by atoms with van der Waals surface area (Å²) in [6.45, 7) is 0. The summed E-state index contributed by atoms with van der Waals surface area (Å²) >= 11 is 1.64. The Labute approximate surface area is 119 Å². The molecule has 1 amide bonds. The normalized spacial score (nSPS) is 20.4. The number of nitrogens with one attached hydrogen (secondary N) is 1. The van der Waals surface area contributed by atoms with E-state index in [1.165, 1.54) is 6.42 Å². The van der Waals surface area contributed by atoms with Crippen LogP contribution in [0.3, 0.4) is 0 Å². The molecule has 0 atom stereocenters. The highest BCUT2D eigenvalue weighted by Crippen LogP contribution is 2.27. The van der Waals surface area contributed by atoms with E-state index in [2.05, 4.69) is 10.5 Å². The second kappa shape index (κ2) is 8.30. The number of carbonyl (C=O) groups is 1. The van der Waals surface area contributed by atoms with Crippen molar-refractivity contribution in [3.05, 3.63) is 0 Å². The van der Waals surface area contributed by atoms with Crippen LogP contribution in [0.1, 0.15) is 51.4 Å². The van der Waals surface area contributed by atoms with Gasteiger partial charge in [-0.3, -0.25) is 4.79 Å². The number of nitrogens with zero attached hydrogens (tertiary/aromatic N) is 1. The van der Waals surface area contributed by atoms with Crippen molar-refractivity contribution in [3.63, 3.8) is 0 Å². The van der Waals surface area contributed by atoms with Crippen molar-refractivity contribution in [3.8, 4) is 0 Å². The van der Waals surface area contributed by atoms with Crippen molar-refractivity contribution in [2.24, 2.45) is 10.9 Å². The van der Waals surface area contributed by atoms with Crippen LogP contribution in [-0.4, -0.2) is 34.5 Å². The van der Waals surface area contributed by atoms with Gasteiger partial charge in [0.1, 0.15) is 5.54 Å². The van der Waals surface area contributed by atoms with Gasteiger partial charge in [0.2, 0.25) is 5.91 Å². The maximum atomic E-state index is 12.0. The number of carbonyl (C=O) groups excluding carboxylic acids is 1. The van der Waals surface area contributed by atoms with E-state index < -0.39 is 5.54 Å². The Hall–Kier alpha value is -0.910. The Morgan fingerprint density at radius 2 is 1.89 bits per heavy atom. The monoisotopic (exact) mass is 287 g/mol. The third-order valence-electron chi connectivity index (χ3n) is 3.72. The lowest BCUT2D eigenvalue weighted by atomic mass is 9.82. The van der Waals surface area contributed by atoms with Gasteiger partial charge in [-0.15, -0.1) is 0 Å². The molecule has 1 saturated carbocycles. The molecule has 1 aliphatic rings. The number of amides is 1. The average molecular weight is 287 g/mol. The fraction of sp³-hybridized carbons (Fsp3) is 0.846. The Balaban J connectivity index is 2.76. The van der Waals surface area contributed by atoms with Crippen LogP contribution in [0, 0.1) is 0 Å². The molecule has 1 rings (SSSR count). The van der Waals surface area contributed by atoms with Crippen molar-refractivity contribution in [2.75, 3.05) is 12.0 Å². The minimum absolute atomic E-state index is 0.0125. The molecule has 0 radical (unpaired) electrons. The molecule has 0 bridgehead atoms. The molecule has 6 heteroatoms. The molecule has 19 heavy (non-hydrogen) atoms. The van der Waals surface area contributed by atoms with Crippen molar-refractivity contribution in [1.82, 2.24) is 5.32 Å². The highest BCUT2D eigenvalue weighted by Gasteiger charge is 2.36. The average Bonchev–Trinajstić information content (AvgIpc) is 2.38. The predicted molar refractivity (Wildman–Crippen MR) is 79.6 cm³/mol. The zero-order chi connectivity index (χ0) is 14.1. The quantitative estimate of drug-likeness (QED) is 0.313. The molecule has 0 aromatic heterocycles. The Kier molecular flexibility index (Phi) is 7.05. The van der Waals surface area contributed by atoms with E-state index in [1.54, 1.807) is 11.8 Å². The SMILES string of the molecule is CSCCC(=O)NC1(C(N)=NO)CCCCCCC1. The summed E-state index contributed by atoms with van der Waals surface area (Å²) in [6, 6.07) is 0. The Bertz CT molecular complexity index is 313. The number of hydrogen-bond acceptors (Lipinski definition) is 4. The molecule has 0 unspecified atom stereocenters. The zero-order valence-electron chi connectivity index (χ0n) is 11.7. The van der Waals surface area contributed by atoms with E-state index in [-0.39, 0.29) is 11.7 Å². The summed E-state index contributed by atoms with van der Waals surface area (Å²) in [6.07, 6.45) is 9.47. The minimum Gasteiger partial charge on any atom is -0.409 e. The van der Waals surface area contributed by atoms with Gasteiger partial charge in [-0.2, -0.15) is 11.8 Å². The molecule has 0 aromatic rings. The summed E-state index contributed by atoms with van der Waals surface area (Å²) in [5.41, 5.74) is 5.21. The molecule has 0 aromatic carbocycles.